The Morgan fingerprint density at radius 2 is 1.00 bits per heavy atom. The van der Waals surface area contributed by atoms with Crippen LogP contribution in [0.5, 0.6) is 0 Å². The standard InChI is InChI=1S/C39H42O9/c1-28(40)46-38-37(45-26-33-21-13-6-14-22-33)36(44-25-32-19-11-5-12-20-32)35(48-39(38)47-29(2)41)34(43-24-31-17-9-4-10-18-31)27-42-23-30-15-7-3-8-16-30/h3-22,34-39H,23-27H2,1-2H3/t34-,35-,36-,37+,38+,39+/m1/s1. The van der Waals surface area contributed by atoms with Gasteiger partial charge in [0.15, 0.2) is 6.10 Å². The van der Waals surface area contributed by atoms with Gasteiger partial charge in [-0.1, -0.05) is 121 Å². The number of hydrogen-bond acceptors (Lipinski definition) is 9. The average Bonchev–Trinajstić information content (AvgIpc) is 3.10. The Balaban J connectivity index is 1.50. The molecule has 48 heavy (non-hydrogen) atoms. The van der Waals surface area contributed by atoms with Gasteiger partial charge < -0.3 is 33.2 Å². The number of carbonyl (C=O) groups is 2. The van der Waals surface area contributed by atoms with Crippen LogP contribution < -0.4 is 0 Å². The van der Waals surface area contributed by atoms with Crippen LogP contribution in [0.15, 0.2) is 121 Å². The van der Waals surface area contributed by atoms with E-state index in [0.717, 1.165) is 22.3 Å². The second-order valence-corrected chi connectivity index (χ2v) is 11.5. The van der Waals surface area contributed by atoms with Gasteiger partial charge in [-0.2, -0.15) is 0 Å². The van der Waals surface area contributed by atoms with Crippen molar-refractivity contribution >= 4 is 11.9 Å². The third-order valence-electron chi connectivity index (χ3n) is 7.75. The quantitative estimate of drug-likeness (QED) is 0.131. The molecule has 6 atom stereocenters. The summed E-state index contributed by atoms with van der Waals surface area (Å²) in [5, 5.41) is 0. The summed E-state index contributed by atoms with van der Waals surface area (Å²) in [5.41, 5.74) is 3.77. The number of benzene rings is 4. The largest absolute Gasteiger partial charge is 0.453 e. The summed E-state index contributed by atoms with van der Waals surface area (Å²) in [6, 6.07) is 38.9. The summed E-state index contributed by atoms with van der Waals surface area (Å²) in [6.45, 7) is 3.65. The third-order valence-corrected chi connectivity index (χ3v) is 7.75. The minimum Gasteiger partial charge on any atom is -0.453 e. The Morgan fingerprint density at radius 1 is 0.562 bits per heavy atom. The second kappa shape index (κ2) is 18.2. The van der Waals surface area contributed by atoms with Crippen LogP contribution in [0.1, 0.15) is 36.1 Å². The molecule has 9 heteroatoms. The first kappa shape index (κ1) is 34.9. The lowest BCUT2D eigenvalue weighted by molar-refractivity contribution is -0.324. The molecule has 0 radical (unpaired) electrons. The lowest BCUT2D eigenvalue weighted by atomic mass is 9.94. The molecular weight excluding hydrogens is 612 g/mol. The minimum absolute atomic E-state index is 0.119. The molecule has 0 spiro atoms. The summed E-state index contributed by atoms with van der Waals surface area (Å²) in [6.07, 6.45) is -5.78. The van der Waals surface area contributed by atoms with Crippen LogP contribution in [0.4, 0.5) is 0 Å². The fourth-order valence-corrected chi connectivity index (χ4v) is 5.51. The van der Waals surface area contributed by atoms with E-state index >= 15 is 0 Å². The van der Waals surface area contributed by atoms with E-state index in [4.69, 9.17) is 33.2 Å². The van der Waals surface area contributed by atoms with E-state index in [0.29, 0.717) is 6.61 Å². The Kier molecular flexibility index (Phi) is 13.3. The molecule has 4 aromatic carbocycles. The fraction of sp³-hybridized carbons (Fsp3) is 0.333. The van der Waals surface area contributed by atoms with Gasteiger partial charge in [0.25, 0.3) is 0 Å². The van der Waals surface area contributed by atoms with Gasteiger partial charge in [-0.3, -0.25) is 9.59 Å². The Morgan fingerprint density at radius 3 is 1.48 bits per heavy atom. The number of carbonyl (C=O) groups excluding carboxylic acids is 2. The number of hydrogen-bond donors (Lipinski definition) is 0. The number of ether oxygens (including phenoxy) is 7. The first-order valence-electron chi connectivity index (χ1n) is 16.0. The zero-order valence-electron chi connectivity index (χ0n) is 27.2. The molecule has 0 aromatic heterocycles. The molecular formula is C39H42O9. The van der Waals surface area contributed by atoms with E-state index in [-0.39, 0.29) is 26.4 Å². The van der Waals surface area contributed by atoms with E-state index < -0.39 is 48.7 Å². The summed E-state index contributed by atoms with van der Waals surface area (Å²) in [4.78, 5) is 24.8. The molecule has 1 fully saturated rings. The highest BCUT2D eigenvalue weighted by Gasteiger charge is 2.53. The van der Waals surface area contributed by atoms with Crippen molar-refractivity contribution in [3.8, 4) is 0 Å². The van der Waals surface area contributed by atoms with E-state index in [2.05, 4.69) is 0 Å². The Labute approximate surface area is 281 Å². The lowest BCUT2D eigenvalue weighted by Crippen LogP contribution is -2.64. The molecule has 0 aliphatic carbocycles. The lowest BCUT2D eigenvalue weighted by Gasteiger charge is -2.46. The zero-order valence-corrected chi connectivity index (χ0v) is 27.2. The Bertz CT molecular complexity index is 1520. The highest BCUT2D eigenvalue weighted by molar-refractivity contribution is 5.67. The van der Waals surface area contributed by atoms with Crippen molar-refractivity contribution in [2.75, 3.05) is 6.61 Å². The van der Waals surface area contributed by atoms with Gasteiger partial charge in [0.1, 0.15) is 24.4 Å². The van der Waals surface area contributed by atoms with Gasteiger partial charge in [-0.25, -0.2) is 0 Å². The fourth-order valence-electron chi connectivity index (χ4n) is 5.51. The second-order valence-electron chi connectivity index (χ2n) is 11.5. The van der Waals surface area contributed by atoms with Crippen molar-refractivity contribution in [3.05, 3.63) is 144 Å². The van der Waals surface area contributed by atoms with Crippen LogP contribution in [0.3, 0.4) is 0 Å². The first-order chi connectivity index (χ1) is 23.5. The molecule has 1 aliphatic heterocycles. The molecule has 0 bridgehead atoms. The molecule has 1 saturated heterocycles. The van der Waals surface area contributed by atoms with Crippen molar-refractivity contribution in [3.63, 3.8) is 0 Å². The summed E-state index contributed by atoms with van der Waals surface area (Å²) in [5.74, 6) is -1.19. The third kappa shape index (κ3) is 10.6. The van der Waals surface area contributed by atoms with Gasteiger partial charge in [0, 0.05) is 13.8 Å². The molecule has 0 N–H and O–H groups in total. The first-order valence-corrected chi connectivity index (χ1v) is 16.0. The van der Waals surface area contributed by atoms with Crippen LogP contribution in [-0.4, -0.2) is 55.4 Å². The zero-order chi connectivity index (χ0) is 33.6. The smallest absolute Gasteiger partial charge is 0.305 e. The van der Waals surface area contributed by atoms with Crippen LogP contribution >= 0.6 is 0 Å². The van der Waals surface area contributed by atoms with E-state index in [9.17, 15) is 9.59 Å². The maximum Gasteiger partial charge on any atom is 0.305 e. The topological polar surface area (TPSA) is 98.8 Å². The van der Waals surface area contributed by atoms with Crippen LogP contribution in [0, 0.1) is 0 Å². The van der Waals surface area contributed by atoms with Gasteiger partial charge in [0.2, 0.25) is 6.29 Å². The van der Waals surface area contributed by atoms with Crippen LogP contribution in [0.2, 0.25) is 0 Å². The summed E-state index contributed by atoms with van der Waals surface area (Å²) in [7, 11) is 0. The van der Waals surface area contributed by atoms with Crippen molar-refractivity contribution < 1.29 is 42.7 Å². The normalized spacial score (nSPS) is 21.2. The summed E-state index contributed by atoms with van der Waals surface area (Å²) >= 11 is 0. The molecule has 5 rings (SSSR count). The van der Waals surface area contributed by atoms with Crippen LogP contribution in [0.25, 0.3) is 0 Å². The minimum atomic E-state index is -1.30. The average molecular weight is 655 g/mol. The molecule has 0 amide bonds. The Hall–Kier alpha value is -4.38. The molecule has 4 aromatic rings. The van der Waals surface area contributed by atoms with Gasteiger partial charge in [-0.15, -0.1) is 0 Å². The van der Waals surface area contributed by atoms with E-state index in [1.807, 2.05) is 121 Å². The van der Waals surface area contributed by atoms with E-state index in [1.165, 1.54) is 13.8 Å². The monoisotopic (exact) mass is 654 g/mol. The molecule has 1 aliphatic rings. The summed E-state index contributed by atoms with van der Waals surface area (Å²) < 4.78 is 43.8. The van der Waals surface area contributed by atoms with E-state index in [1.54, 1.807) is 0 Å². The highest BCUT2D eigenvalue weighted by Crippen LogP contribution is 2.33. The predicted molar refractivity (Wildman–Crippen MR) is 177 cm³/mol. The molecule has 0 saturated carbocycles. The SMILES string of the molecule is CC(=O)O[C@H]1O[C@H]([C@@H](COCc2ccccc2)OCc2ccccc2)[C@@H](OCc2ccccc2)[C@H](OCc2ccccc2)[C@@H]1OC(C)=O. The van der Waals surface area contributed by atoms with Gasteiger partial charge in [-0.05, 0) is 22.3 Å². The van der Waals surface area contributed by atoms with Gasteiger partial charge in [0.05, 0.1) is 33.0 Å². The highest BCUT2D eigenvalue weighted by atomic mass is 16.7. The van der Waals surface area contributed by atoms with Crippen molar-refractivity contribution in [1.82, 2.24) is 0 Å². The van der Waals surface area contributed by atoms with Crippen molar-refractivity contribution in [1.29, 1.82) is 0 Å². The van der Waals surface area contributed by atoms with Gasteiger partial charge >= 0.3 is 11.9 Å². The molecule has 0 unspecified atom stereocenters. The van der Waals surface area contributed by atoms with Crippen molar-refractivity contribution in [2.24, 2.45) is 0 Å². The molecule has 252 valence electrons. The maximum atomic E-state index is 12.4. The molecule has 9 nitrogen and oxygen atoms in total. The van der Waals surface area contributed by atoms with Crippen molar-refractivity contribution in [2.45, 2.75) is 77.1 Å². The maximum absolute atomic E-state index is 12.4. The number of rotatable bonds is 16. The number of esters is 2. The van der Waals surface area contributed by atoms with Crippen LogP contribution in [-0.2, 0) is 69.2 Å². The predicted octanol–water partition coefficient (Wildman–Crippen LogP) is 6.18. The molecule has 1 heterocycles.